The van der Waals surface area contributed by atoms with Crippen LogP contribution in [-0.2, 0) is 0 Å². The first-order valence-corrected chi connectivity index (χ1v) is 5.08. The van der Waals surface area contributed by atoms with Crippen LogP contribution >= 0.6 is 22.7 Å². The van der Waals surface area contributed by atoms with E-state index in [-0.39, 0.29) is 11.5 Å². The first-order valence-electron chi connectivity index (χ1n) is 3.32. The zero-order valence-electron chi connectivity index (χ0n) is 6.02. The molecular weight excluding hydrogens is 192 g/mol. The molecule has 0 aliphatic heterocycles. The molecule has 4 heteroatoms. The summed E-state index contributed by atoms with van der Waals surface area (Å²) >= 11 is 2.89. The van der Waals surface area contributed by atoms with Crippen molar-refractivity contribution >= 4 is 22.7 Å². The molecule has 0 radical (unpaired) electrons. The van der Waals surface area contributed by atoms with Crippen LogP contribution in [-0.4, -0.2) is 10.2 Å². The van der Waals surface area contributed by atoms with Gasteiger partial charge in [-0.25, -0.2) is 0 Å². The molecule has 12 heavy (non-hydrogen) atoms. The minimum Gasteiger partial charge on any atom is -0.504 e. The Balaban J connectivity index is 2.55. The predicted molar refractivity (Wildman–Crippen MR) is 51.0 cm³/mol. The van der Waals surface area contributed by atoms with Crippen LogP contribution < -0.4 is 0 Å². The van der Waals surface area contributed by atoms with Gasteiger partial charge < -0.3 is 10.2 Å². The van der Waals surface area contributed by atoms with Crippen molar-refractivity contribution in [2.45, 2.75) is 0 Å². The Morgan fingerprint density at radius 2 is 2.00 bits per heavy atom. The number of hydrogen-bond donors (Lipinski definition) is 2. The standard InChI is InChI=1S/C8H6O2S2/c9-5-4-12-8(7(5)10)6-2-1-3-11-6/h1-4,9-10H. The van der Waals surface area contributed by atoms with Crippen molar-refractivity contribution in [2.75, 3.05) is 0 Å². The summed E-state index contributed by atoms with van der Waals surface area (Å²) in [7, 11) is 0. The van der Waals surface area contributed by atoms with Crippen molar-refractivity contribution in [3.63, 3.8) is 0 Å². The number of hydrogen-bond acceptors (Lipinski definition) is 4. The van der Waals surface area contributed by atoms with Crippen LogP contribution in [0.25, 0.3) is 9.75 Å². The highest BCUT2D eigenvalue weighted by Gasteiger charge is 2.11. The molecule has 0 fully saturated rings. The maximum atomic E-state index is 9.38. The molecular formula is C8H6O2S2. The van der Waals surface area contributed by atoms with E-state index in [0.29, 0.717) is 0 Å². The summed E-state index contributed by atoms with van der Waals surface area (Å²) in [6.07, 6.45) is 0. The lowest BCUT2D eigenvalue weighted by molar-refractivity contribution is 0.409. The first kappa shape index (κ1) is 7.64. The Labute approximate surface area is 77.4 Å². The molecule has 0 atom stereocenters. The highest BCUT2D eigenvalue weighted by Crippen LogP contribution is 2.43. The molecule has 2 heterocycles. The first-order chi connectivity index (χ1) is 5.79. The molecule has 2 aromatic rings. The minimum atomic E-state index is -0.0385. The molecule has 0 aliphatic rings. The van der Waals surface area contributed by atoms with E-state index >= 15 is 0 Å². The smallest absolute Gasteiger partial charge is 0.177 e. The maximum Gasteiger partial charge on any atom is 0.177 e. The predicted octanol–water partition coefficient (Wildman–Crippen LogP) is 2.89. The van der Waals surface area contributed by atoms with E-state index in [2.05, 4.69) is 0 Å². The van der Waals surface area contributed by atoms with Gasteiger partial charge in [-0.05, 0) is 11.4 Å². The highest BCUT2D eigenvalue weighted by molar-refractivity contribution is 7.20. The van der Waals surface area contributed by atoms with Gasteiger partial charge in [0.05, 0.1) is 4.88 Å². The van der Waals surface area contributed by atoms with Gasteiger partial charge in [-0.1, -0.05) is 6.07 Å². The normalized spacial score (nSPS) is 10.3. The largest absolute Gasteiger partial charge is 0.504 e. The fourth-order valence-electron chi connectivity index (χ4n) is 0.925. The van der Waals surface area contributed by atoms with Crippen LogP contribution in [0, 0.1) is 0 Å². The minimum absolute atomic E-state index is 0.0116. The van der Waals surface area contributed by atoms with Crippen LogP contribution in [0.3, 0.4) is 0 Å². The molecule has 0 bridgehead atoms. The Morgan fingerprint density at radius 3 is 2.50 bits per heavy atom. The second-order valence-corrected chi connectivity index (χ2v) is 4.10. The average molecular weight is 198 g/mol. The molecule has 0 saturated carbocycles. The SMILES string of the molecule is Oc1csc(-c2cccs2)c1O. The number of rotatable bonds is 1. The molecule has 0 amide bonds. The van der Waals surface area contributed by atoms with Crippen molar-refractivity contribution in [1.29, 1.82) is 0 Å². The van der Waals surface area contributed by atoms with Crippen molar-refractivity contribution in [2.24, 2.45) is 0 Å². The van der Waals surface area contributed by atoms with Crippen LogP contribution in [0.15, 0.2) is 22.9 Å². The summed E-state index contributed by atoms with van der Waals surface area (Å²) < 4.78 is 0. The zero-order valence-corrected chi connectivity index (χ0v) is 7.65. The monoisotopic (exact) mass is 198 g/mol. The van der Waals surface area contributed by atoms with Crippen molar-refractivity contribution < 1.29 is 10.2 Å². The Bertz CT molecular complexity index is 376. The summed E-state index contributed by atoms with van der Waals surface area (Å²) in [4.78, 5) is 1.72. The van der Waals surface area contributed by atoms with Crippen molar-refractivity contribution in [3.05, 3.63) is 22.9 Å². The van der Waals surface area contributed by atoms with E-state index < -0.39 is 0 Å². The van der Waals surface area contributed by atoms with E-state index in [9.17, 15) is 5.11 Å². The van der Waals surface area contributed by atoms with Gasteiger partial charge in [-0.2, -0.15) is 0 Å². The third-order valence-electron chi connectivity index (χ3n) is 1.49. The molecule has 0 unspecified atom stereocenters. The van der Waals surface area contributed by atoms with E-state index in [1.54, 1.807) is 11.3 Å². The molecule has 2 N–H and O–H groups in total. The molecule has 0 saturated heterocycles. The third-order valence-corrected chi connectivity index (χ3v) is 3.50. The number of aromatic hydroxyl groups is 2. The summed E-state index contributed by atoms with van der Waals surface area (Å²) in [6.45, 7) is 0. The van der Waals surface area contributed by atoms with Gasteiger partial charge in [0.25, 0.3) is 0 Å². The molecule has 62 valence electrons. The number of thiophene rings is 2. The lowest BCUT2D eigenvalue weighted by Gasteiger charge is -1.92. The molecule has 2 aromatic heterocycles. The second kappa shape index (κ2) is 2.80. The lowest BCUT2D eigenvalue weighted by Crippen LogP contribution is -1.63. The van der Waals surface area contributed by atoms with E-state index in [1.807, 2.05) is 17.5 Å². The quantitative estimate of drug-likeness (QED) is 0.739. The van der Waals surface area contributed by atoms with Crippen molar-refractivity contribution in [3.8, 4) is 21.3 Å². The summed E-state index contributed by atoms with van der Waals surface area (Å²) in [5.74, 6) is -0.0501. The van der Waals surface area contributed by atoms with Gasteiger partial charge in [0.1, 0.15) is 0 Å². The van der Waals surface area contributed by atoms with Gasteiger partial charge in [-0.3, -0.25) is 0 Å². The molecule has 0 spiro atoms. The van der Waals surface area contributed by atoms with E-state index in [1.165, 1.54) is 16.7 Å². The van der Waals surface area contributed by atoms with E-state index in [4.69, 9.17) is 5.11 Å². The Hall–Kier alpha value is -1.00. The van der Waals surface area contributed by atoms with Crippen molar-refractivity contribution in [1.82, 2.24) is 0 Å². The Morgan fingerprint density at radius 1 is 1.17 bits per heavy atom. The fraction of sp³-hybridized carbons (Fsp3) is 0. The average Bonchev–Trinajstić information content (AvgIpc) is 2.64. The van der Waals surface area contributed by atoms with Gasteiger partial charge in [-0.15, -0.1) is 22.7 Å². The van der Waals surface area contributed by atoms with Crippen LogP contribution in [0.2, 0.25) is 0 Å². The van der Waals surface area contributed by atoms with Gasteiger partial charge in [0.15, 0.2) is 11.5 Å². The van der Waals surface area contributed by atoms with Gasteiger partial charge in [0, 0.05) is 10.3 Å². The third kappa shape index (κ3) is 1.09. The second-order valence-electron chi connectivity index (χ2n) is 2.28. The zero-order chi connectivity index (χ0) is 8.55. The summed E-state index contributed by atoms with van der Waals surface area (Å²) in [5, 5.41) is 21.9. The summed E-state index contributed by atoms with van der Waals surface area (Å²) in [6, 6.07) is 3.83. The van der Waals surface area contributed by atoms with Crippen LogP contribution in [0.1, 0.15) is 0 Å². The molecule has 0 aliphatic carbocycles. The molecule has 0 aromatic carbocycles. The summed E-state index contributed by atoms with van der Waals surface area (Å²) in [5.41, 5.74) is 0. The fourth-order valence-corrected chi connectivity index (χ4v) is 2.62. The van der Waals surface area contributed by atoms with Crippen LogP contribution in [0.4, 0.5) is 0 Å². The maximum absolute atomic E-state index is 9.38. The molecule has 2 nitrogen and oxygen atoms in total. The van der Waals surface area contributed by atoms with Crippen LogP contribution in [0.5, 0.6) is 11.5 Å². The van der Waals surface area contributed by atoms with Gasteiger partial charge >= 0.3 is 0 Å². The van der Waals surface area contributed by atoms with E-state index in [0.717, 1.165) is 9.75 Å². The lowest BCUT2D eigenvalue weighted by atomic mass is 10.3. The Kier molecular flexibility index (Phi) is 1.78. The molecule has 2 rings (SSSR count). The van der Waals surface area contributed by atoms with Gasteiger partial charge in [0.2, 0.25) is 0 Å². The topological polar surface area (TPSA) is 40.5 Å². The highest BCUT2D eigenvalue weighted by atomic mass is 32.1.